The molecule has 2 aromatic heterocycles. The number of hydrogen-bond acceptors (Lipinski definition) is 4. The Hall–Kier alpha value is -1.95. The normalized spacial score (nSPS) is 10.9. The molecular formula is C16H9Cl2NO3S. The highest BCUT2D eigenvalue weighted by Gasteiger charge is 2.23. The van der Waals surface area contributed by atoms with Gasteiger partial charge in [0.05, 0.1) is 5.56 Å². The number of rotatable bonds is 3. The number of hydrogen-bond donors (Lipinski definition) is 1. The van der Waals surface area contributed by atoms with Crippen molar-refractivity contribution in [1.29, 1.82) is 0 Å². The van der Waals surface area contributed by atoms with Crippen molar-refractivity contribution in [1.82, 2.24) is 4.98 Å². The molecule has 4 nitrogen and oxygen atoms in total. The zero-order valence-electron chi connectivity index (χ0n) is 11.8. The van der Waals surface area contributed by atoms with Gasteiger partial charge in [0.15, 0.2) is 5.78 Å². The lowest BCUT2D eigenvalue weighted by Gasteiger charge is -2.05. The van der Waals surface area contributed by atoms with E-state index < -0.39 is 5.97 Å². The molecule has 0 aliphatic heterocycles. The van der Waals surface area contributed by atoms with Crippen molar-refractivity contribution in [3.63, 3.8) is 0 Å². The molecular weight excluding hydrogens is 357 g/mol. The van der Waals surface area contributed by atoms with Gasteiger partial charge >= 0.3 is 5.97 Å². The number of aromatic carboxylic acids is 1. The lowest BCUT2D eigenvalue weighted by Crippen LogP contribution is -2.01. The predicted molar refractivity (Wildman–Crippen MR) is 92.0 cm³/mol. The van der Waals surface area contributed by atoms with Gasteiger partial charge in [-0.25, -0.2) is 4.79 Å². The van der Waals surface area contributed by atoms with E-state index in [1.54, 1.807) is 24.4 Å². The summed E-state index contributed by atoms with van der Waals surface area (Å²) in [4.78, 5) is 27.5. The van der Waals surface area contributed by atoms with E-state index in [4.69, 9.17) is 23.2 Å². The van der Waals surface area contributed by atoms with Crippen LogP contribution in [0.2, 0.25) is 10.0 Å². The Balaban J connectivity index is 2.37. The predicted octanol–water partition coefficient (Wildman–Crippen LogP) is 5.17. The van der Waals surface area contributed by atoms with Gasteiger partial charge in [-0.2, -0.15) is 0 Å². The van der Waals surface area contributed by atoms with Crippen molar-refractivity contribution in [2.75, 3.05) is 0 Å². The molecule has 0 radical (unpaired) electrons. The van der Waals surface area contributed by atoms with Gasteiger partial charge in [0.25, 0.3) is 0 Å². The number of fused-ring (bicyclic) bond motifs is 1. The summed E-state index contributed by atoms with van der Waals surface area (Å²) in [5.74, 6) is -1.44. The average Bonchev–Trinajstić information content (AvgIpc) is 2.85. The standard InChI is InChI=1S/C16H9Cl2NO3S/c1-7(20)13-12-6-19-5-11(14(12)23-15(13)16(21)22)8-2-9(17)4-10(18)3-8/h2-6H,1H3,(H,21,22). The highest BCUT2D eigenvalue weighted by molar-refractivity contribution is 7.21. The first-order chi connectivity index (χ1) is 10.9. The van der Waals surface area contributed by atoms with Crippen LogP contribution in [0.15, 0.2) is 30.6 Å². The van der Waals surface area contributed by atoms with Gasteiger partial charge in [-0.05, 0) is 30.7 Å². The fraction of sp³-hybridized carbons (Fsp3) is 0.0625. The topological polar surface area (TPSA) is 67.3 Å². The Morgan fingerprint density at radius 3 is 2.35 bits per heavy atom. The molecule has 23 heavy (non-hydrogen) atoms. The Labute approximate surface area is 145 Å². The van der Waals surface area contributed by atoms with E-state index in [1.807, 2.05) is 0 Å². The first-order valence-corrected chi connectivity index (χ1v) is 8.07. The minimum absolute atomic E-state index is 0.00914. The number of aromatic nitrogens is 1. The number of halogens is 2. The third-order valence-electron chi connectivity index (χ3n) is 3.32. The summed E-state index contributed by atoms with van der Waals surface area (Å²) in [6.45, 7) is 1.34. The Morgan fingerprint density at radius 1 is 1.13 bits per heavy atom. The molecule has 7 heteroatoms. The lowest BCUT2D eigenvalue weighted by atomic mass is 10.0. The molecule has 0 fully saturated rings. The van der Waals surface area contributed by atoms with Gasteiger partial charge in [0.2, 0.25) is 0 Å². The molecule has 3 rings (SSSR count). The van der Waals surface area contributed by atoms with Crippen LogP contribution in [0.1, 0.15) is 27.0 Å². The molecule has 1 N–H and O–H groups in total. The number of carbonyl (C=O) groups is 2. The van der Waals surface area contributed by atoms with E-state index in [2.05, 4.69) is 4.98 Å². The number of nitrogens with zero attached hydrogens (tertiary/aromatic N) is 1. The van der Waals surface area contributed by atoms with Gasteiger partial charge in [-0.15, -0.1) is 11.3 Å². The summed E-state index contributed by atoms with van der Waals surface area (Å²) in [6, 6.07) is 5.05. The number of Topliss-reactive ketones (excluding diaryl/α,β-unsaturated/α-hetero) is 1. The van der Waals surface area contributed by atoms with Crippen LogP contribution in [0.25, 0.3) is 21.2 Å². The maximum atomic E-state index is 11.9. The number of carboxylic acids is 1. The van der Waals surface area contributed by atoms with Gasteiger partial charge in [0, 0.05) is 38.1 Å². The van der Waals surface area contributed by atoms with E-state index in [9.17, 15) is 14.7 Å². The zero-order chi connectivity index (χ0) is 16.7. The third kappa shape index (κ3) is 2.83. The molecule has 0 spiro atoms. The van der Waals surface area contributed by atoms with Gasteiger partial charge in [-0.3, -0.25) is 9.78 Å². The monoisotopic (exact) mass is 365 g/mol. The summed E-state index contributed by atoms with van der Waals surface area (Å²) >= 11 is 13.1. The van der Waals surface area contributed by atoms with Crippen molar-refractivity contribution in [3.05, 3.63) is 51.1 Å². The lowest BCUT2D eigenvalue weighted by molar-refractivity contribution is 0.0698. The van der Waals surface area contributed by atoms with E-state index in [0.717, 1.165) is 11.3 Å². The Morgan fingerprint density at radius 2 is 1.78 bits per heavy atom. The van der Waals surface area contributed by atoms with Gasteiger partial charge in [-0.1, -0.05) is 23.2 Å². The molecule has 0 saturated carbocycles. The largest absolute Gasteiger partial charge is 0.477 e. The number of carboxylic acid groups (broad SMARTS) is 1. The van der Waals surface area contributed by atoms with Gasteiger partial charge in [0.1, 0.15) is 4.88 Å². The van der Waals surface area contributed by atoms with Crippen molar-refractivity contribution in [3.8, 4) is 11.1 Å². The number of benzene rings is 1. The summed E-state index contributed by atoms with van der Waals surface area (Å²) < 4.78 is 0.668. The van der Waals surface area contributed by atoms with Crippen molar-refractivity contribution >= 4 is 56.4 Å². The molecule has 0 aliphatic carbocycles. The second-order valence-corrected chi connectivity index (χ2v) is 6.78. The summed E-state index contributed by atoms with van der Waals surface area (Å²) in [5, 5.41) is 10.8. The maximum Gasteiger partial charge on any atom is 0.346 e. The molecule has 2 heterocycles. The summed E-state index contributed by atoms with van der Waals surface area (Å²) in [5.41, 5.74) is 1.58. The minimum atomic E-state index is -1.13. The van der Waals surface area contributed by atoms with Crippen molar-refractivity contribution in [2.45, 2.75) is 6.92 Å². The molecule has 3 aromatic rings. The summed E-state index contributed by atoms with van der Waals surface area (Å²) in [7, 11) is 0. The Kier molecular flexibility index (Phi) is 4.10. The number of ketones is 1. The van der Waals surface area contributed by atoms with E-state index in [1.165, 1.54) is 13.1 Å². The SMILES string of the molecule is CC(=O)c1c(C(=O)O)sc2c(-c3cc(Cl)cc(Cl)c3)cncc12. The number of thiophene rings is 1. The number of pyridine rings is 1. The molecule has 0 unspecified atom stereocenters. The quantitative estimate of drug-likeness (QED) is 0.650. The highest BCUT2D eigenvalue weighted by Crippen LogP contribution is 2.39. The fourth-order valence-corrected chi connectivity index (χ4v) is 4.15. The molecule has 0 atom stereocenters. The zero-order valence-corrected chi connectivity index (χ0v) is 14.1. The molecule has 116 valence electrons. The van der Waals surface area contributed by atoms with Crippen LogP contribution >= 0.6 is 34.5 Å². The van der Waals surface area contributed by atoms with Crippen LogP contribution in [0.3, 0.4) is 0 Å². The number of carbonyl (C=O) groups excluding carboxylic acids is 1. The van der Waals surface area contributed by atoms with Crippen LogP contribution in [0.4, 0.5) is 0 Å². The molecule has 0 bridgehead atoms. The second kappa shape index (κ2) is 5.92. The second-order valence-electron chi connectivity index (χ2n) is 4.89. The van der Waals surface area contributed by atoms with Crippen LogP contribution in [0, 0.1) is 0 Å². The van der Waals surface area contributed by atoms with Gasteiger partial charge < -0.3 is 5.11 Å². The van der Waals surface area contributed by atoms with Crippen LogP contribution in [0.5, 0.6) is 0 Å². The smallest absolute Gasteiger partial charge is 0.346 e. The molecule has 0 amide bonds. The first-order valence-electron chi connectivity index (χ1n) is 6.49. The Bertz CT molecular complexity index is 945. The minimum Gasteiger partial charge on any atom is -0.477 e. The average molecular weight is 366 g/mol. The first kappa shape index (κ1) is 15.9. The maximum absolute atomic E-state index is 11.9. The van der Waals surface area contributed by atoms with E-state index in [0.29, 0.717) is 31.3 Å². The molecule has 0 aliphatic rings. The molecule has 0 saturated heterocycles. The van der Waals surface area contributed by atoms with Crippen molar-refractivity contribution < 1.29 is 14.7 Å². The van der Waals surface area contributed by atoms with Crippen LogP contribution in [-0.4, -0.2) is 21.8 Å². The third-order valence-corrected chi connectivity index (χ3v) is 4.98. The summed E-state index contributed by atoms with van der Waals surface area (Å²) in [6.07, 6.45) is 3.11. The fourth-order valence-electron chi connectivity index (χ4n) is 2.43. The van der Waals surface area contributed by atoms with Crippen LogP contribution in [-0.2, 0) is 0 Å². The van der Waals surface area contributed by atoms with E-state index in [-0.39, 0.29) is 16.2 Å². The molecule has 1 aromatic carbocycles. The van der Waals surface area contributed by atoms with E-state index >= 15 is 0 Å². The highest BCUT2D eigenvalue weighted by atomic mass is 35.5. The van der Waals surface area contributed by atoms with Crippen molar-refractivity contribution in [2.24, 2.45) is 0 Å². The van der Waals surface area contributed by atoms with Crippen LogP contribution < -0.4 is 0 Å².